The number of hydrogen-bond acceptors (Lipinski definition) is 5. The Morgan fingerprint density at radius 1 is 1.60 bits per heavy atom. The van der Waals surface area contributed by atoms with Crippen molar-refractivity contribution in [2.24, 2.45) is 11.7 Å². The molecule has 1 unspecified atom stereocenters. The summed E-state index contributed by atoms with van der Waals surface area (Å²) in [4.78, 5) is 23.4. The van der Waals surface area contributed by atoms with Gasteiger partial charge in [-0.05, 0) is 26.0 Å². The average molecular weight is 276 g/mol. The number of nitrogens with two attached hydrogens (primary N) is 1. The minimum atomic E-state index is -0.715. The molecule has 1 aromatic carbocycles. The Labute approximate surface area is 116 Å². The van der Waals surface area contributed by atoms with Gasteiger partial charge in [0.1, 0.15) is 5.69 Å². The first-order chi connectivity index (χ1) is 9.40. The summed E-state index contributed by atoms with van der Waals surface area (Å²) in [6.07, 6.45) is 0. The molecule has 2 N–H and O–H groups in total. The Morgan fingerprint density at radius 2 is 2.25 bits per heavy atom. The standard InChI is InChI=1S/C13H16N4O3/c1-3-16(8-9(2)7-14)11-5-4-10(13(15)18)6-12(11)17(19)20/h4-6,9H,3,8H2,1-2H3,(H2,15,18). The largest absolute Gasteiger partial charge is 0.366 e. The molecule has 7 nitrogen and oxygen atoms in total. The van der Waals surface area contributed by atoms with Crippen molar-refractivity contribution in [3.63, 3.8) is 0 Å². The molecule has 0 heterocycles. The van der Waals surface area contributed by atoms with Crippen LogP contribution in [0, 0.1) is 27.4 Å². The van der Waals surface area contributed by atoms with E-state index in [0.717, 1.165) is 6.07 Å². The number of anilines is 1. The van der Waals surface area contributed by atoms with Gasteiger partial charge in [0.2, 0.25) is 5.91 Å². The van der Waals surface area contributed by atoms with Gasteiger partial charge >= 0.3 is 0 Å². The first kappa shape index (κ1) is 15.4. The Balaban J connectivity index is 3.25. The third kappa shape index (κ3) is 3.45. The molecule has 0 bridgehead atoms. The fraction of sp³-hybridized carbons (Fsp3) is 0.385. The number of carbonyl (C=O) groups is 1. The van der Waals surface area contributed by atoms with Crippen LogP contribution >= 0.6 is 0 Å². The van der Waals surface area contributed by atoms with E-state index in [4.69, 9.17) is 11.0 Å². The molecule has 0 spiro atoms. The zero-order valence-corrected chi connectivity index (χ0v) is 11.4. The molecule has 0 saturated heterocycles. The molecule has 0 saturated carbocycles. The molecular weight excluding hydrogens is 260 g/mol. The van der Waals surface area contributed by atoms with Gasteiger partial charge < -0.3 is 10.6 Å². The van der Waals surface area contributed by atoms with Crippen LogP contribution in [0.2, 0.25) is 0 Å². The number of primary amides is 1. The van der Waals surface area contributed by atoms with Crippen molar-refractivity contribution in [3.05, 3.63) is 33.9 Å². The summed E-state index contributed by atoms with van der Waals surface area (Å²) in [5.74, 6) is -0.974. The number of benzene rings is 1. The van der Waals surface area contributed by atoms with E-state index in [1.165, 1.54) is 12.1 Å². The van der Waals surface area contributed by atoms with E-state index in [1.54, 1.807) is 11.8 Å². The minimum Gasteiger partial charge on any atom is -0.366 e. The van der Waals surface area contributed by atoms with E-state index in [1.807, 2.05) is 6.92 Å². The highest BCUT2D eigenvalue weighted by Crippen LogP contribution is 2.29. The van der Waals surface area contributed by atoms with Gasteiger partial charge in [-0.3, -0.25) is 14.9 Å². The van der Waals surface area contributed by atoms with Gasteiger partial charge in [0.05, 0.1) is 16.9 Å². The molecule has 0 aromatic heterocycles. The molecule has 1 atom stereocenters. The lowest BCUT2D eigenvalue weighted by Crippen LogP contribution is -2.28. The van der Waals surface area contributed by atoms with Crippen LogP contribution in [-0.2, 0) is 0 Å². The Bertz CT molecular complexity index is 565. The van der Waals surface area contributed by atoms with Crippen LogP contribution in [0.3, 0.4) is 0 Å². The summed E-state index contributed by atoms with van der Waals surface area (Å²) >= 11 is 0. The predicted octanol–water partition coefficient (Wildman–Crippen LogP) is 1.68. The van der Waals surface area contributed by atoms with E-state index in [-0.39, 0.29) is 17.2 Å². The van der Waals surface area contributed by atoms with Gasteiger partial charge in [-0.15, -0.1) is 0 Å². The molecule has 0 aliphatic rings. The summed E-state index contributed by atoms with van der Waals surface area (Å²) in [5.41, 5.74) is 5.41. The Hall–Kier alpha value is -2.62. The zero-order valence-electron chi connectivity index (χ0n) is 11.4. The smallest absolute Gasteiger partial charge is 0.293 e. The van der Waals surface area contributed by atoms with E-state index < -0.39 is 10.8 Å². The minimum absolute atomic E-state index is 0.0878. The molecule has 7 heteroatoms. The van der Waals surface area contributed by atoms with Crippen molar-refractivity contribution in [2.75, 3.05) is 18.0 Å². The third-order valence-corrected chi connectivity index (χ3v) is 2.89. The maximum atomic E-state index is 11.1. The van der Waals surface area contributed by atoms with Gasteiger partial charge in [-0.2, -0.15) is 5.26 Å². The SMILES string of the molecule is CCN(CC(C)C#N)c1ccc(C(N)=O)cc1[N+](=O)[O-]. The first-order valence-corrected chi connectivity index (χ1v) is 6.13. The van der Waals surface area contributed by atoms with Crippen LogP contribution in [0.4, 0.5) is 11.4 Å². The lowest BCUT2D eigenvalue weighted by atomic mass is 10.1. The number of nitrogens with zero attached hydrogens (tertiary/aromatic N) is 3. The number of hydrogen-bond donors (Lipinski definition) is 1. The highest BCUT2D eigenvalue weighted by atomic mass is 16.6. The van der Waals surface area contributed by atoms with E-state index in [9.17, 15) is 14.9 Å². The zero-order chi connectivity index (χ0) is 15.3. The molecule has 1 amide bonds. The van der Waals surface area contributed by atoms with Gasteiger partial charge in [0.15, 0.2) is 0 Å². The second-order valence-corrected chi connectivity index (χ2v) is 4.39. The summed E-state index contributed by atoms with van der Waals surface area (Å²) in [6, 6.07) is 6.20. The van der Waals surface area contributed by atoms with Crippen molar-refractivity contribution in [2.45, 2.75) is 13.8 Å². The molecular formula is C13H16N4O3. The fourth-order valence-electron chi connectivity index (χ4n) is 1.86. The number of nitro benzene ring substituents is 1. The number of nitriles is 1. The summed E-state index contributed by atoms with van der Waals surface area (Å²) < 4.78 is 0. The van der Waals surface area contributed by atoms with Crippen molar-refractivity contribution in [1.82, 2.24) is 0 Å². The highest BCUT2D eigenvalue weighted by molar-refractivity contribution is 5.94. The summed E-state index contributed by atoms with van der Waals surface area (Å²) in [5, 5.41) is 20.0. The average Bonchev–Trinajstić information content (AvgIpc) is 2.43. The van der Waals surface area contributed by atoms with Gasteiger partial charge in [0.25, 0.3) is 5.69 Å². The van der Waals surface area contributed by atoms with Crippen LogP contribution in [0.15, 0.2) is 18.2 Å². The second-order valence-electron chi connectivity index (χ2n) is 4.39. The lowest BCUT2D eigenvalue weighted by molar-refractivity contribution is -0.384. The fourth-order valence-corrected chi connectivity index (χ4v) is 1.86. The van der Waals surface area contributed by atoms with Crippen molar-refractivity contribution >= 4 is 17.3 Å². The molecule has 0 fully saturated rings. The molecule has 20 heavy (non-hydrogen) atoms. The van der Waals surface area contributed by atoms with Crippen molar-refractivity contribution in [1.29, 1.82) is 5.26 Å². The van der Waals surface area contributed by atoms with Gasteiger partial charge in [0, 0.05) is 24.7 Å². The van der Waals surface area contributed by atoms with Crippen LogP contribution < -0.4 is 10.6 Å². The highest BCUT2D eigenvalue weighted by Gasteiger charge is 2.21. The van der Waals surface area contributed by atoms with Crippen LogP contribution in [0.25, 0.3) is 0 Å². The normalized spacial score (nSPS) is 11.4. The summed E-state index contributed by atoms with van der Waals surface area (Å²) in [6.45, 7) is 4.48. The quantitative estimate of drug-likeness (QED) is 0.627. The monoisotopic (exact) mass is 276 g/mol. The number of amides is 1. The van der Waals surface area contributed by atoms with Crippen molar-refractivity contribution < 1.29 is 9.72 Å². The topological polar surface area (TPSA) is 113 Å². The molecule has 1 rings (SSSR count). The molecule has 0 aliphatic carbocycles. The Morgan fingerprint density at radius 3 is 2.70 bits per heavy atom. The molecule has 1 aromatic rings. The second kappa shape index (κ2) is 6.52. The van der Waals surface area contributed by atoms with Crippen LogP contribution in [0.1, 0.15) is 24.2 Å². The maximum absolute atomic E-state index is 11.1. The van der Waals surface area contributed by atoms with Crippen molar-refractivity contribution in [3.8, 4) is 6.07 Å². The molecule has 106 valence electrons. The van der Waals surface area contributed by atoms with Crippen LogP contribution in [-0.4, -0.2) is 23.9 Å². The molecule has 0 aliphatic heterocycles. The van der Waals surface area contributed by atoms with E-state index in [2.05, 4.69) is 6.07 Å². The van der Waals surface area contributed by atoms with Gasteiger partial charge in [-0.1, -0.05) is 0 Å². The van der Waals surface area contributed by atoms with E-state index >= 15 is 0 Å². The van der Waals surface area contributed by atoms with Gasteiger partial charge in [-0.25, -0.2) is 0 Å². The maximum Gasteiger partial charge on any atom is 0.293 e. The number of carbonyl (C=O) groups excluding carboxylic acids is 1. The van der Waals surface area contributed by atoms with Crippen LogP contribution in [0.5, 0.6) is 0 Å². The van der Waals surface area contributed by atoms with E-state index in [0.29, 0.717) is 18.8 Å². The number of nitro groups is 1. The third-order valence-electron chi connectivity index (χ3n) is 2.89. The number of rotatable bonds is 6. The lowest BCUT2D eigenvalue weighted by Gasteiger charge is -2.24. The summed E-state index contributed by atoms with van der Waals surface area (Å²) in [7, 11) is 0. The Kier molecular flexibility index (Phi) is 5.03. The first-order valence-electron chi connectivity index (χ1n) is 6.13. The molecule has 0 radical (unpaired) electrons. The predicted molar refractivity (Wildman–Crippen MR) is 74.3 cm³/mol.